The predicted octanol–water partition coefficient (Wildman–Crippen LogP) is 2.21. The van der Waals surface area contributed by atoms with Crippen LogP contribution in [0.5, 0.6) is 5.75 Å². The van der Waals surface area contributed by atoms with Crippen LogP contribution in [0.15, 0.2) is 18.3 Å². The third kappa shape index (κ3) is 3.96. The first-order valence-corrected chi connectivity index (χ1v) is 6.38. The molecular weight excluding hydrogens is 226 g/mol. The summed E-state index contributed by atoms with van der Waals surface area (Å²) in [5.41, 5.74) is 6.83. The monoisotopic (exact) mass is 251 g/mol. The zero-order valence-electron chi connectivity index (χ0n) is 12.1. The van der Waals surface area contributed by atoms with Gasteiger partial charge in [0.2, 0.25) is 0 Å². The molecule has 102 valence electrons. The van der Waals surface area contributed by atoms with Gasteiger partial charge in [-0.2, -0.15) is 0 Å². The van der Waals surface area contributed by atoms with E-state index >= 15 is 0 Å². The van der Waals surface area contributed by atoms with Gasteiger partial charge in [-0.3, -0.25) is 4.98 Å². The minimum Gasteiger partial charge on any atom is -0.490 e. The maximum Gasteiger partial charge on any atom is 0.137 e. The fourth-order valence-corrected chi connectivity index (χ4v) is 1.29. The zero-order valence-corrected chi connectivity index (χ0v) is 12.1. The van der Waals surface area contributed by atoms with Crippen LogP contribution in [0.4, 0.5) is 0 Å². The van der Waals surface area contributed by atoms with Gasteiger partial charge >= 0.3 is 0 Å². The van der Waals surface area contributed by atoms with E-state index in [1.165, 1.54) is 0 Å². The van der Waals surface area contributed by atoms with Crippen molar-refractivity contribution in [2.75, 3.05) is 20.7 Å². The average Bonchev–Trinajstić information content (AvgIpc) is 2.36. The van der Waals surface area contributed by atoms with Crippen LogP contribution in [0.25, 0.3) is 0 Å². The van der Waals surface area contributed by atoms with Crippen LogP contribution < -0.4 is 10.5 Å². The van der Waals surface area contributed by atoms with E-state index in [-0.39, 0.29) is 11.6 Å². The second-order valence-corrected chi connectivity index (χ2v) is 5.43. The molecule has 18 heavy (non-hydrogen) atoms. The molecule has 4 heteroatoms. The number of hydrogen-bond donors (Lipinski definition) is 1. The summed E-state index contributed by atoms with van der Waals surface area (Å²) in [5, 5.41) is 0. The van der Waals surface area contributed by atoms with Gasteiger partial charge in [0.25, 0.3) is 0 Å². The van der Waals surface area contributed by atoms with Crippen LogP contribution in [0.1, 0.15) is 38.9 Å². The number of likely N-dealkylation sites (N-methyl/N-ethyl adjacent to an activating group) is 1. The minimum atomic E-state index is -0.00150. The molecule has 0 spiro atoms. The molecule has 4 nitrogen and oxygen atoms in total. The van der Waals surface area contributed by atoms with Crippen LogP contribution in [0, 0.1) is 0 Å². The molecule has 0 aromatic carbocycles. The van der Waals surface area contributed by atoms with Gasteiger partial charge in [-0.15, -0.1) is 0 Å². The third-order valence-corrected chi connectivity index (χ3v) is 3.38. The summed E-state index contributed by atoms with van der Waals surface area (Å²) in [6, 6.07) is 3.88. The van der Waals surface area contributed by atoms with Crippen LogP contribution >= 0.6 is 0 Å². The first-order chi connectivity index (χ1) is 8.36. The zero-order chi connectivity index (χ0) is 13.8. The second-order valence-electron chi connectivity index (χ2n) is 5.43. The molecule has 0 aliphatic heterocycles. The van der Waals surface area contributed by atoms with Crippen molar-refractivity contribution in [1.29, 1.82) is 0 Å². The van der Waals surface area contributed by atoms with E-state index < -0.39 is 0 Å². The summed E-state index contributed by atoms with van der Waals surface area (Å²) in [6.45, 7) is 6.96. The lowest BCUT2D eigenvalue weighted by Crippen LogP contribution is -2.43. The molecule has 1 heterocycles. The molecule has 0 saturated heterocycles. The quantitative estimate of drug-likeness (QED) is 0.842. The molecule has 0 aliphatic rings. The smallest absolute Gasteiger partial charge is 0.137 e. The van der Waals surface area contributed by atoms with Gasteiger partial charge in [0.1, 0.15) is 12.4 Å². The van der Waals surface area contributed by atoms with E-state index in [2.05, 4.69) is 30.7 Å². The topological polar surface area (TPSA) is 51.4 Å². The van der Waals surface area contributed by atoms with E-state index in [1.54, 1.807) is 6.20 Å². The number of aromatic nitrogens is 1. The molecule has 0 unspecified atom stereocenters. The maximum atomic E-state index is 5.92. The lowest BCUT2D eigenvalue weighted by atomic mass is 10.1. The number of ether oxygens (including phenoxy) is 1. The lowest BCUT2D eigenvalue weighted by Gasteiger charge is -2.32. The van der Waals surface area contributed by atoms with Crippen molar-refractivity contribution in [1.82, 2.24) is 9.88 Å². The fraction of sp³-hybridized carbons (Fsp3) is 0.643. The first-order valence-electron chi connectivity index (χ1n) is 6.38. The number of nitrogens with two attached hydrogens (primary N) is 1. The molecule has 0 amide bonds. The molecular formula is C14H25N3O. The summed E-state index contributed by atoms with van der Waals surface area (Å²) in [5.74, 6) is 0.789. The van der Waals surface area contributed by atoms with Crippen LogP contribution in [0.3, 0.4) is 0 Å². The number of hydrogen-bond acceptors (Lipinski definition) is 4. The standard InChI is InChI=1S/C14H25N3O/c1-6-12(15)13-8-7-11(9-16-13)18-10-14(2,3)17(4)5/h7-9,12H,6,10,15H2,1-5H3/t12-/m0/s1. The molecule has 2 N–H and O–H groups in total. The summed E-state index contributed by atoms with van der Waals surface area (Å²) in [4.78, 5) is 6.47. The molecule has 1 aromatic heterocycles. The Hall–Kier alpha value is -1.13. The summed E-state index contributed by atoms with van der Waals surface area (Å²) >= 11 is 0. The van der Waals surface area contributed by atoms with Crippen molar-refractivity contribution in [2.24, 2.45) is 5.73 Å². The summed E-state index contributed by atoms with van der Waals surface area (Å²) < 4.78 is 5.76. The Morgan fingerprint density at radius 3 is 2.50 bits per heavy atom. The molecule has 1 atom stereocenters. The number of rotatable bonds is 6. The predicted molar refractivity (Wildman–Crippen MR) is 74.7 cm³/mol. The fourth-order valence-electron chi connectivity index (χ4n) is 1.29. The van der Waals surface area contributed by atoms with Crippen molar-refractivity contribution < 1.29 is 4.74 Å². The number of pyridine rings is 1. The molecule has 1 aromatic rings. The van der Waals surface area contributed by atoms with E-state index in [0.717, 1.165) is 17.9 Å². The van der Waals surface area contributed by atoms with Gasteiger partial charge < -0.3 is 15.4 Å². The second kappa shape index (κ2) is 6.16. The van der Waals surface area contributed by atoms with Gasteiger partial charge in [0.05, 0.1) is 11.9 Å². The molecule has 0 radical (unpaired) electrons. The van der Waals surface area contributed by atoms with Gasteiger partial charge in [-0.1, -0.05) is 6.92 Å². The summed E-state index contributed by atoms with van der Waals surface area (Å²) in [6.07, 6.45) is 2.64. The largest absolute Gasteiger partial charge is 0.490 e. The Labute approximate surface area is 110 Å². The third-order valence-electron chi connectivity index (χ3n) is 3.38. The van der Waals surface area contributed by atoms with E-state index in [1.807, 2.05) is 26.2 Å². The van der Waals surface area contributed by atoms with Crippen molar-refractivity contribution in [3.8, 4) is 5.75 Å². The Balaban J connectivity index is 2.59. The highest BCUT2D eigenvalue weighted by molar-refractivity contribution is 5.21. The highest BCUT2D eigenvalue weighted by Gasteiger charge is 2.21. The highest BCUT2D eigenvalue weighted by atomic mass is 16.5. The van der Waals surface area contributed by atoms with E-state index in [0.29, 0.717) is 6.61 Å². The van der Waals surface area contributed by atoms with Gasteiger partial charge in [0, 0.05) is 11.6 Å². The van der Waals surface area contributed by atoms with Crippen LogP contribution in [0.2, 0.25) is 0 Å². The van der Waals surface area contributed by atoms with Crippen molar-refractivity contribution in [3.63, 3.8) is 0 Å². The Morgan fingerprint density at radius 1 is 1.39 bits per heavy atom. The first kappa shape index (κ1) is 14.9. The van der Waals surface area contributed by atoms with Crippen molar-refractivity contribution in [3.05, 3.63) is 24.0 Å². The molecule has 0 aliphatic carbocycles. The van der Waals surface area contributed by atoms with E-state index in [9.17, 15) is 0 Å². The normalized spacial score (nSPS) is 13.7. The van der Waals surface area contributed by atoms with Crippen LogP contribution in [-0.2, 0) is 0 Å². The van der Waals surface area contributed by atoms with Crippen molar-refractivity contribution >= 4 is 0 Å². The number of nitrogens with zero attached hydrogens (tertiary/aromatic N) is 2. The summed E-state index contributed by atoms with van der Waals surface area (Å²) in [7, 11) is 4.09. The van der Waals surface area contributed by atoms with E-state index in [4.69, 9.17) is 10.5 Å². The SMILES string of the molecule is CC[C@H](N)c1ccc(OCC(C)(C)N(C)C)cn1. The van der Waals surface area contributed by atoms with Gasteiger partial charge in [0.15, 0.2) is 0 Å². The Morgan fingerprint density at radius 2 is 2.06 bits per heavy atom. The molecule has 1 rings (SSSR count). The minimum absolute atomic E-state index is 0.00150. The molecule has 0 fully saturated rings. The maximum absolute atomic E-state index is 5.92. The highest BCUT2D eigenvalue weighted by Crippen LogP contribution is 2.17. The Kier molecular flexibility index (Phi) is 5.11. The van der Waals surface area contributed by atoms with Gasteiger partial charge in [-0.05, 0) is 46.5 Å². The lowest BCUT2D eigenvalue weighted by molar-refractivity contribution is 0.114. The average molecular weight is 251 g/mol. The Bertz CT molecular complexity index is 360. The van der Waals surface area contributed by atoms with Gasteiger partial charge in [-0.25, -0.2) is 0 Å². The van der Waals surface area contributed by atoms with Crippen molar-refractivity contribution in [2.45, 2.75) is 38.8 Å². The molecule has 0 bridgehead atoms. The van der Waals surface area contributed by atoms with Crippen LogP contribution in [-0.4, -0.2) is 36.1 Å². The molecule has 0 saturated carbocycles.